The van der Waals surface area contributed by atoms with Crippen LogP contribution in [0, 0.1) is 6.92 Å². The van der Waals surface area contributed by atoms with Crippen molar-refractivity contribution in [3.63, 3.8) is 0 Å². The number of aryl methyl sites for hydroxylation is 1. The number of carbonyl (C=O) groups excluding carboxylic acids is 1. The lowest BCUT2D eigenvalue weighted by Crippen LogP contribution is -1.99. The molecule has 80 valence electrons. The minimum absolute atomic E-state index is 0.641. The van der Waals surface area contributed by atoms with Crippen LogP contribution in [0.1, 0.15) is 27.2 Å². The Morgan fingerprint density at radius 1 is 1.38 bits per heavy atom. The molecule has 3 heteroatoms. The summed E-state index contributed by atoms with van der Waals surface area (Å²) in [4.78, 5) is 19.2. The van der Waals surface area contributed by atoms with E-state index in [2.05, 4.69) is 9.97 Å². The molecule has 0 atom stereocenters. The number of hydrogen-bond donors (Lipinski definition) is 0. The van der Waals surface area contributed by atoms with Crippen LogP contribution in [0.5, 0.6) is 0 Å². The van der Waals surface area contributed by atoms with Gasteiger partial charge in [0.05, 0.1) is 5.69 Å². The summed E-state index contributed by atoms with van der Waals surface area (Å²) in [6, 6.07) is 5.71. The van der Waals surface area contributed by atoms with Crippen LogP contribution in [-0.2, 0) is 6.42 Å². The summed E-state index contributed by atoms with van der Waals surface area (Å²) >= 11 is 0. The maximum atomic E-state index is 10.9. The summed E-state index contributed by atoms with van der Waals surface area (Å²) in [6.45, 7) is 1.92. The van der Waals surface area contributed by atoms with Crippen molar-refractivity contribution in [2.24, 2.45) is 0 Å². The molecule has 0 aromatic carbocycles. The molecule has 0 aliphatic carbocycles. The highest BCUT2D eigenvalue weighted by atomic mass is 16.1. The summed E-state index contributed by atoms with van der Waals surface area (Å²) < 4.78 is 0. The second-order valence-electron chi connectivity index (χ2n) is 3.70. The summed E-state index contributed by atoms with van der Waals surface area (Å²) in [6.07, 6.45) is 6.79. The molecule has 0 aliphatic rings. The normalized spacial score (nSPS) is 10.1. The highest BCUT2D eigenvalue weighted by molar-refractivity contribution is 5.76. The van der Waals surface area contributed by atoms with Crippen molar-refractivity contribution in [3.05, 3.63) is 59.2 Å². The van der Waals surface area contributed by atoms with Gasteiger partial charge in [-0.25, -0.2) is 0 Å². The number of pyridine rings is 2. The standard InChI is InChI=1S/C13H12N2O/c1-10-5-12(9-16)13(15-7-10)6-11-3-2-4-14-8-11/h2-5,7-9H,6H2,1H3. The molecule has 3 nitrogen and oxygen atoms in total. The molecule has 2 heterocycles. The zero-order valence-electron chi connectivity index (χ0n) is 9.05. The van der Waals surface area contributed by atoms with Crippen molar-refractivity contribution in [3.8, 4) is 0 Å². The molecule has 16 heavy (non-hydrogen) atoms. The van der Waals surface area contributed by atoms with E-state index in [9.17, 15) is 4.79 Å². The Bertz CT molecular complexity index is 495. The molecule has 0 spiro atoms. The van der Waals surface area contributed by atoms with Crippen LogP contribution >= 0.6 is 0 Å². The van der Waals surface area contributed by atoms with E-state index in [1.54, 1.807) is 18.6 Å². The van der Waals surface area contributed by atoms with Crippen LogP contribution in [0.2, 0.25) is 0 Å². The number of aldehydes is 1. The third kappa shape index (κ3) is 2.31. The minimum atomic E-state index is 0.641. The Labute approximate surface area is 94.2 Å². The summed E-state index contributed by atoms with van der Waals surface area (Å²) in [7, 11) is 0. The first-order valence-electron chi connectivity index (χ1n) is 5.09. The Morgan fingerprint density at radius 2 is 2.25 bits per heavy atom. The molecule has 0 N–H and O–H groups in total. The second-order valence-corrected chi connectivity index (χ2v) is 3.70. The van der Waals surface area contributed by atoms with Crippen molar-refractivity contribution in [1.82, 2.24) is 9.97 Å². The number of rotatable bonds is 3. The molecule has 0 amide bonds. The highest BCUT2D eigenvalue weighted by Gasteiger charge is 2.04. The second kappa shape index (κ2) is 4.66. The minimum Gasteiger partial charge on any atom is -0.298 e. The van der Waals surface area contributed by atoms with Gasteiger partial charge in [-0.05, 0) is 30.2 Å². The molecule has 2 aromatic rings. The fourth-order valence-electron chi connectivity index (χ4n) is 1.57. The Hall–Kier alpha value is -2.03. The van der Waals surface area contributed by atoms with Gasteiger partial charge in [0.2, 0.25) is 0 Å². The van der Waals surface area contributed by atoms with Crippen molar-refractivity contribution < 1.29 is 4.79 Å². The average molecular weight is 212 g/mol. The summed E-state index contributed by atoms with van der Waals surface area (Å²) in [5, 5.41) is 0. The predicted octanol–water partition coefficient (Wildman–Crippen LogP) is 2.19. The van der Waals surface area contributed by atoms with E-state index < -0.39 is 0 Å². The largest absolute Gasteiger partial charge is 0.298 e. The first-order chi connectivity index (χ1) is 7.79. The van der Waals surface area contributed by atoms with Gasteiger partial charge >= 0.3 is 0 Å². The Morgan fingerprint density at radius 3 is 2.94 bits per heavy atom. The van der Waals surface area contributed by atoms with Crippen LogP contribution in [0.15, 0.2) is 36.8 Å². The van der Waals surface area contributed by atoms with E-state index in [0.717, 1.165) is 23.1 Å². The third-order valence-electron chi connectivity index (χ3n) is 2.36. The van der Waals surface area contributed by atoms with Gasteiger partial charge in [0.1, 0.15) is 0 Å². The van der Waals surface area contributed by atoms with E-state index in [4.69, 9.17) is 0 Å². The molecule has 0 radical (unpaired) electrons. The molecule has 0 saturated heterocycles. The van der Waals surface area contributed by atoms with Crippen LogP contribution in [-0.4, -0.2) is 16.3 Å². The van der Waals surface area contributed by atoms with Gasteiger partial charge in [0.25, 0.3) is 0 Å². The molecular formula is C13H12N2O. The van der Waals surface area contributed by atoms with E-state index >= 15 is 0 Å². The van der Waals surface area contributed by atoms with Gasteiger partial charge in [-0.2, -0.15) is 0 Å². The summed E-state index contributed by atoms with van der Waals surface area (Å²) in [5.74, 6) is 0. The fourth-order valence-corrected chi connectivity index (χ4v) is 1.57. The van der Waals surface area contributed by atoms with Crippen LogP contribution < -0.4 is 0 Å². The van der Waals surface area contributed by atoms with Crippen molar-refractivity contribution in [1.29, 1.82) is 0 Å². The first kappa shape index (κ1) is 10.5. The zero-order chi connectivity index (χ0) is 11.4. The van der Waals surface area contributed by atoms with Gasteiger partial charge in [0, 0.05) is 30.6 Å². The van der Waals surface area contributed by atoms with Crippen molar-refractivity contribution in [2.75, 3.05) is 0 Å². The van der Waals surface area contributed by atoms with Crippen molar-refractivity contribution in [2.45, 2.75) is 13.3 Å². The third-order valence-corrected chi connectivity index (χ3v) is 2.36. The average Bonchev–Trinajstić information content (AvgIpc) is 2.33. The molecule has 0 aliphatic heterocycles. The van der Waals surface area contributed by atoms with E-state index in [1.807, 2.05) is 25.1 Å². The monoisotopic (exact) mass is 212 g/mol. The molecule has 2 rings (SSSR count). The van der Waals surface area contributed by atoms with Crippen LogP contribution in [0.25, 0.3) is 0 Å². The first-order valence-corrected chi connectivity index (χ1v) is 5.09. The lowest BCUT2D eigenvalue weighted by molar-refractivity contribution is 0.112. The lowest BCUT2D eigenvalue weighted by Gasteiger charge is -2.04. The van der Waals surface area contributed by atoms with E-state index in [0.29, 0.717) is 12.0 Å². The maximum Gasteiger partial charge on any atom is 0.151 e. The molecule has 2 aromatic heterocycles. The SMILES string of the molecule is Cc1cnc(Cc2cccnc2)c(C=O)c1. The van der Waals surface area contributed by atoms with E-state index in [-0.39, 0.29) is 0 Å². The topological polar surface area (TPSA) is 42.9 Å². The van der Waals surface area contributed by atoms with Crippen molar-refractivity contribution >= 4 is 6.29 Å². The van der Waals surface area contributed by atoms with Gasteiger partial charge in [-0.15, -0.1) is 0 Å². The number of aromatic nitrogens is 2. The van der Waals surface area contributed by atoms with Gasteiger partial charge in [-0.3, -0.25) is 14.8 Å². The van der Waals surface area contributed by atoms with Gasteiger partial charge in [0.15, 0.2) is 6.29 Å². The quantitative estimate of drug-likeness (QED) is 0.732. The summed E-state index contributed by atoms with van der Waals surface area (Å²) in [5.41, 5.74) is 3.51. The van der Waals surface area contributed by atoms with Gasteiger partial charge in [-0.1, -0.05) is 6.07 Å². The number of carbonyl (C=O) groups is 1. The number of nitrogens with zero attached hydrogens (tertiary/aromatic N) is 2. The lowest BCUT2D eigenvalue weighted by atomic mass is 10.1. The van der Waals surface area contributed by atoms with E-state index in [1.165, 1.54) is 0 Å². The van der Waals surface area contributed by atoms with Crippen LogP contribution in [0.3, 0.4) is 0 Å². The molecule has 0 unspecified atom stereocenters. The fraction of sp³-hybridized carbons (Fsp3) is 0.154. The molecule has 0 bridgehead atoms. The van der Waals surface area contributed by atoms with Crippen LogP contribution in [0.4, 0.5) is 0 Å². The zero-order valence-corrected chi connectivity index (χ0v) is 9.05. The Balaban J connectivity index is 2.31. The molecule has 0 saturated carbocycles. The molecule has 0 fully saturated rings. The maximum absolute atomic E-state index is 10.9. The highest BCUT2D eigenvalue weighted by Crippen LogP contribution is 2.11. The smallest absolute Gasteiger partial charge is 0.151 e. The molecular weight excluding hydrogens is 200 g/mol. The number of hydrogen-bond acceptors (Lipinski definition) is 3. The predicted molar refractivity (Wildman–Crippen MR) is 61.4 cm³/mol. The van der Waals surface area contributed by atoms with Gasteiger partial charge < -0.3 is 0 Å². The Kier molecular flexibility index (Phi) is 3.05.